The van der Waals surface area contributed by atoms with Crippen LogP contribution in [0.3, 0.4) is 0 Å². The maximum Gasteiger partial charge on any atom is 0.196 e. The third kappa shape index (κ3) is 2.07. The van der Waals surface area contributed by atoms with E-state index in [-0.39, 0.29) is 5.88 Å². The lowest BCUT2D eigenvalue weighted by atomic mass is 10.1. The molecule has 0 saturated carbocycles. The number of benzene rings is 2. The second-order valence-corrected chi connectivity index (χ2v) is 4.44. The predicted molar refractivity (Wildman–Crippen MR) is 79.4 cm³/mol. The zero-order valence-corrected chi connectivity index (χ0v) is 10.7. The SMILES string of the molecule is N=N/C(=C/c1c(O)[nH]c2ccccc12)c1ccccc1. The molecule has 0 bridgehead atoms. The van der Waals surface area contributed by atoms with E-state index < -0.39 is 0 Å². The molecule has 0 spiro atoms. The van der Waals surface area contributed by atoms with Gasteiger partial charge in [0.1, 0.15) is 0 Å². The molecular weight excluding hydrogens is 250 g/mol. The lowest BCUT2D eigenvalue weighted by Crippen LogP contribution is -1.80. The van der Waals surface area contributed by atoms with E-state index in [4.69, 9.17) is 5.53 Å². The van der Waals surface area contributed by atoms with Crippen LogP contribution in [0.5, 0.6) is 5.88 Å². The van der Waals surface area contributed by atoms with Crippen molar-refractivity contribution in [3.8, 4) is 5.88 Å². The summed E-state index contributed by atoms with van der Waals surface area (Å²) >= 11 is 0. The van der Waals surface area contributed by atoms with Crippen LogP contribution in [-0.4, -0.2) is 10.1 Å². The number of H-pyrrole nitrogens is 1. The smallest absolute Gasteiger partial charge is 0.196 e. The molecule has 1 aromatic heterocycles. The van der Waals surface area contributed by atoms with Crippen molar-refractivity contribution in [3.05, 3.63) is 65.7 Å². The maximum atomic E-state index is 10.0. The van der Waals surface area contributed by atoms with Crippen molar-refractivity contribution >= 4 is 22.7 Å². The van der Waals surface area contributed by atoms with Crippen molar-refractivity contribution in [2.45, 2.75) is 0 Å². The summed E-state index contributed by atoms with van der Waals surface area (Å²) in [5.74, 6) is 0.0864. The third-order valence-corrected chi connectivity index (χ3v) is 3.20. The number of fused-ring (bicyclic) bond motifs is 1. The second-order valence-electron chi connectivity index (χ2n) is 4.44. The number of nitrogens with zero attached hydrogens (tertiary/aromatic N) is 1. The molecule has 4 nitrogen and oxygen atoms in total. The zero-order valence-electron chi connectivity index (χ0n) is 10.7. The molecule has 0 atom stereocenters. The Morgan fingerprint density at radius 2 is 1.75 bits per heavy atom. The number of aromatic hydroxyl groups is 1. The van der Waals surface area contributed by atoms with Gasteiger partial charge in [-0.05, 0) is 12.1 Å². The maximum absolute atomic E-state index is 10.0. The van der Waals surface area contributed by atoms with Gasteiger partial charge in [-0.15, -0.1) is 0 Å². The fraction of sp³-hybridized carbons (Fsp3) is 0. The molecule has 0 aliphatic carbocycles. The van der Waals surface area contributed by atoms with Crippen LogP contribution in [0.4, 0.5) is 0 Å². The summed E-state index contributed by atoms with van der Waals surface area (Å²) in [4.78, 5) is 2.92. The van der Waals surface area contributed by atoms with Crippen LogP contribution in [0.2, 0.25) is 0 Å². The van der Waals surface area contributed by atoms with Gasteiger partial charge in [0.25, 0.3) is 0 Å². The van der Waals surface area contributed by atoms with Crippen LogP contribution in [0.1, 0.15) is 11.1 Å². The standard InChI is InChI=1S/C16H13N3O/c17-19-15(11-6-2-1-3-7-11)10-13-12-8-4-5-9-14(12)18-16(13)20/h1-10,17-18,20H/b15-10+,19-17?. The van der Waals surface area contributed by atoms with E-state index in [1.807, 2.05) is 54.6 Å². The molecular formula is C16H13N3O. The molecule has 98 valence electrons. The molecule has 20 heavy (non-hydrogen) atoms. The molecule has 0 aliphatic rings. The first-order valence-electron chi connectivity index (χ1n) is 6.24. The molecule has 3 N–H and O–H groups in total. The van der Waals surface area contributed by atoms with E-state index in [0.29, 0.717) is 11.3 Å². The number of rotatable bonds is 3. The van der Waals surface area contributed by atoms with Crippen molar-refractivity contribution in [2.75, 3.05) is 0 Å². The van der Waals surface area contributed by atoms with E-state index in [2.05, 4.69) is 10.1 Å². The average Bonchev–Trinajstić information content (AvgIpc) is 2.81. The van der Waals surface area contributed by atoms with Gasteiger partial charge in [-0.3, -0.25) is 0 Å². The minimum Gasteiger partial charge on any atom is -0.494 e. The Labute approximate surface area is 115 Å². The Balaban J connectivity index is 2.18. The molecule has 1 heterocycles. The van der Waals surface area contributed by atoms with Gasteiger partial charge in [-0.25, -0.2) is 5.53 Å². The van der Waals surface area contributed by atoms with Crippen LogP contribution in [0.15, 0.2) is 59.7 Å². The average molecular weight is 263 g/mol. The van der Waals surface area contributed by atoms with Gasteiger partial charge in [-0.2, -0.15) is 5.11 Å². The molecule has 0 saturated heterocycles. The van der Waals surface area contributed by atoms with Crippen molar-refractivity contribution in [1.82, 2.24) is 4.98 Å². The van der Waals surface area contributed by atoms with E-state index in [0.717, 1.165) is 16.5 Å². The van der Waals surface area contributed by atoms with Gasteiger partial charge in [0.2, 0.25) is 0 Å². The summed E-state index contributed by atoms with van der Waals surface area (Å²) in [6.45, 7) is 0. The zero-order chi connectivity index (χ0) is 13.9. The Bertz CT molecular complexity index is 788. The molecule has 3 rings (SSSR count). The summed E-state index contributed by atoms with van der Waals surface area (Å²) < 4.78 is 0. The van der Waals surface area contributed by atoms with Crippen LogP contribution < -0.4 is 0 Å². The van der Waals surface area contributed by atoms with Crippen molar-refractivity contribution in [3.63, 3.8) is 0 Å². The molecule has 2 aromatic carbocycles. The van der Waals surface area contributed by atoms with Crippen molar-refractivity contribution in [2.24, 2.45) is 5.11 Å². The predicted octanol–water partition coefficient (Wildman–Crippen LogP) is 4.40. The van der Waals surface area contributed by atoms with Gasteiger partial charge in [-0.1, -0.05) is 48.5 Å². The molecule has 0 unspecified atom stereocenters. The second kappa shape index (κ2) is 5.01. The highest BCUT2D eigenvalue weighted by atomic mass is 16.3. The Kier molecular flexibility index (Phi) is 3.05. The van der Waals surface area contributed by atoms with Gasteiger partial charge >= 0.3 is 0 Å². The largest absolute Gasteiger partial charge is 0.494 e. The van der Waals surface area contributed by atoms with E-state index in [1.54, 1.807) is 6.08 Å². The number of para-hydroxylation sites is 1. The highest BCUT2D eigenvalue weighted by Crippen LogP contribution is 2.31. The monoisotopic (exact) mass is 263 g/mol. The highest BCUT2D eigenvalue weighted by Gasteiger charge is 2.10. The van der Waals surface area contributed by atoms with Gasteiger partial charge in [0, 0.05) is 22.0 Å². The fourth-order valence-corrected chi connectivity index (χ4v) is 2.22. The quantitative estimate of drug-likeness (QED) is 0.602. The normalized spacial score (nSPS) is 11.7. The minimum atomic E-state index is 0.0864. The first-order valence-corrected chi connectivity index (χ1v) is 6.24. The van der Waals surface area contributed by atoms with E-state index in [1.165, 1.54) is 0 Å². The van der Waals surface area contributed by atoms with Gasteiger partial charge in [0.05, 0.1) is 5.70 Å². The molecule has 0 aliphatic heterocycles. The van der Waals surface area contributed by atoms with Crippen molar-refractivity contribution < 1.29 is 5.11 Å². The third-order valence-electron chi connectivity index (χ3n) is 3.20. The number of aromatic amines is 1. The Hall–Kier alpha value is -2.88. The summed E-state index contributed by atoms with van der Waals surface area (Å²) in [7, 11) is 0. The van der Waals surface area contributed by atoms with Crippen LogP contribution in [-0.2, 0) is 0 Å². The first-order chi connectivity index (χ1) is 9.79. The molecule has 0 radical (unpaired) electrons. The number of hydrogen-bond donors (Lipinski definition) is 3. The lowest BCUT2D eigenvalue weighted by Gasteiger charge is -2.00. The molecule has 3 aromatic rings. The van der Waals surface area contributed by atoms with Gasteiger partial charge in [0.15, 0.2) is 5.88 Å². The van der Waals surface area contributed by atoms with Crippen molar-refractivity contribution in [1.29, 1.82) is 5.53 Å². The summed E-state index contributed by atoms with van der Waals surface area (Å²) in [6.07, 6.45) is 1.72. The Morgan fingerprint density at radius 3 is 2.50 bits per heavy atom. The van der Waals surface area contributed by atoms with E-state index >= 15 is 0 Å². The van der Waals surface area contributed by atoms with Gasteiger partial charge < -0.3 is 10.1 Å². The summed E-state index contributed by atoms with van der Waals surface area (Å²) in [6, 6.07) is 17.1. The van der Waals surface area contributed by atoms with Crippen LogP contribution in [0.25, 0.3) is 22.7 Å². The van der Waals surface area contributed by atoms with E-state index in [9.17, 15) is 5.11 Å². The lowest BCUT2D eigenvalue weighted by molar-refractivity contribution is 0.457. The Morgan fingerprint density at radius 1 is 1.05 bits per heavy atom. The summed E-state index contributed by atoms with van der Waals surface area (Å²) in [5.41, 5.74) is 10.2. The minimum absolute atomic E-state index is 0.0864. The molecule has 4 heteroatoms. The van der Waals surface area contributed by atoms with Crippen LogP contribution in [0, 0.1) is 5.53 Å². The molecule has 0 amide bonds. The summed E-state index contributed by atoms with van der Waals surface area (Å²) in [5, 5.41) is 14.5. The number of nitrogens with one attached hydrogen (secondary N) is 2. The number of hydrogen-bond acceptors (Lipinski definition) is 3. The fourth-order valence-electron chi connectivity index (χ4n) is 2.22. The highest BCUT2D eigenvalue weighted by molar-refractivity contribution is 5.96. The van der Waals surface area contributed by atoms with Crippen LogP contribution >= 0.6 is 0 Å². The topological polar surface area (TPSA) is 72.2 Å². The number of aromatic nitrogens is 1. The molecule has 0 fully saturated rings. The first kappa shape index (κ1) is 12.2.